The van der Waals surface area contributed by atoms with Gasteiger partial charge >= 0.3 is 0 Å². The zero-order valence-corrected chi connectivity index (χ0v) is 14.7. The van der Waals surface area contributed by atoms with Crippen molar-refractivity contribution in [2.75, 3.05) is 10.6 Å². The van der Waals surface area contributed by atoms with Crippen molar-refractivity contribution < 1.29 is 9.18 Å². The molecule has 0 aliphatic rings. The summed E-state index contributed by atoms with van der Waals surface area (Å²) in [5.41, 5.74) is 2.20. The van der Waals surface area contributed by atoms with E-state index in [-0.39, 0.29) is 24.0 Å². The van der Waals surface area contributed by atoms with Crippen LogP contribution in [0.2, 0.25) is 5.02 Å². The van der Waals surface area contributed by atoms with E-state index in [0.717, 1.165) is 5.56 Å². The number of hydrogen-bond donors (Lipinski definition) is 2. The lowest BCUT2D eigenvalue weighted by molar-refractivity contribution is 0.102. The summed E-state index contributed by atoms with van der Waals surface area (Å²) in [5.74, 6) is -0.238. The van der Waals surface area contributed by atoms with Gasteiger partial charge in [-0.3, -0.25) is 4.79 Å². The van der Waals surface area contributed by atoms with Crippen molar-refractivity contribution in [2.45, 2.75) is 13.5 Å². The van der Waals surface area contributed by atoms with Gasteiger partial charge in [-0.1, -0.05) is 29.8 Å². The Morgan fingerprint density at radius 2 is 1.96 bits per heavy atom. The molecule has 26 heavy (non-hydrogen) atoms. The lowest BCUT2D eigenvalue weighted by Crippen LogP contribution is -2.15. The van der Waals surface area contributed by atoms with Gasteiger partial charge < -0.3 is 10.6 Å². The number of carbonyl (C=O) groups is 1. The topological polar surface area (TPSA) is 66.9 Å². The Hall–Kier alpha value is -2.99. The fourth-order valence-corrected chi connectivity index (χ4v) is 2.59. The van der Waals surface area contributed by atoms with Crippen LogP contribution in [0, 0.1) is 12.7 Å². The van der Waals surface area contributed by atoms with Crippen LogP contribution in [-0.4, -0.2) is 15.9 Å². The first kappa shape index (κ1) is 17.8. The Morgan fingerprint density at radius 1 is 1.15 bits per heavy atom. The standard InChI is InChI=1S/C19H16ClFN4O/c1-12-8-14(20)6-7-16(12)25-19(26)17-9-18(24-11-23-17)22-10-13-4-2-3-5-15(13)21/h2-9,11H,10H2,1H3,(H,25,26)(H,22,23,24). The highest BCUT2D eigenvalue weighted by Crippen LogP contribution is 2.20. The molecule has 1 heterocycles. The van der Waals surface area contributed by atoms with Crippen LogP contribution in [0.5, 0.6) is 0 Å². The van der Waals surface area contributed by atoms with Gasteiger partial charge in [0, 0.05) is 28.9 Å². The molecule has 3 aromatic rings. The third-order valence-corrected chi connectivity index (χ3v) is 3.99. The number of aromatic nitrogens is 2. The van der Waals surface area contributed by atoms with E-state index in [1.54, 1.807) is 36.4 Å². The van der Waals surface area contributed by atoms with Gasteiger partial charge in [-0.2, -0.15) is 0 Å². The van der Waals surface area contributed by atoms with Gasteiger partial charge in [0.2, 0.25) is 0 Å². The molecule has 3 rings (SSSR count). The Labute approximate surface area is 155 Å². The second-order valence-electron chi connectivity index (χ2n) is 5.65. The highest BCUT2D eigenvalue weighted by molar-refractivity contribution is 6.30. The van der Waals surface area contributed by atoms with Gasteiger partial charge in [0.15, 0.2) is 0 Å². The molecule has 0 saturated carbocycles. The van der Waals surface area contributed by atoms with Crippen LogP contribution in [0.15, 0.2) is 54.9 Å². The first-order chi connectivity index (χ1) is 12.5. The Balaban J connectivity index is 1.70. The molecule has 0 saturated heterocycles. The van der Waals surface area contributed by atoms with E-state index in [9.17, 15) is 9.18 Å². The zero-order chi connectivity index (χ0) is 18.5. The minimum absolute atomic E-state index is 0.199. The SMILES string of the molecule is Cc1cc(Cl)ccc1NC(=O)c1cc(NCc2ccccc2F)ncn1. The number of hydrogen-bond acceptors (Lipinski definition) is 4. The van der Waals surface area contributed by atoms with E-state index in [0.29, 0.717) is 22.1 Å². The van der Waals surface area contributed by atoms with Crippen LogP contribution in [0.4, 0.5) is 15.9 Å². The molecule has 7 heteroatoms. The number of nitrogens with one attached hydrogen (secondary N) is 2. The van der Waals surface area contributed by atoms with Crippen molar-refractivity contribution >= 4 is 29.0 Å². The largest absolute Gasteiger partial charge is 0.366 e. The average Bonchev–Trinajstić information content (AvgIpc) is 2.63. The molecule has 0 aliphatic heterocycles. The summed E-state index contributed by atoms with van der Waals surface area (Å²) in [4.78, 5) is 20.5. The summed E-state index contributed by atoms with van der Waals surface area (Å²) in [6, 6.07) is 13.2. The average molecular weight is 371 g/mol. The molecule has 1 amide bonds. The molecule has 1 aromatic heterocycles. The van der Waals surface area contributed by atoms with E-state index in [4.69, 9.17) is 11.6 Å². The van der Waals surface area contributed by atoms with Crippen LogP contribution in [0.3, 0.4) is 0 Å². The van der Waals surface area contributed by atoms with E-state index in [2.05, 4.69) is 20.6 Å². The maximum Gasteiger partial charge on any atom is 0.274 e. The second-order valence-corrected chi connectivity index (χ2v) is 6.08. The molecule has 5 nitrogen and oxygen atoms in total. The van der Waals surface area contributed by atoms with E-state index in [1.165, 1.54) is 18.5 Å². The lowest BCUT2D eigenvalue weighted by atomic mass is 10.2. The summed E-state index contributed by atoms with van der Waals surface area (Å²) >= 11 is 5.92. The summed E-state index contributed by atoms with van der Waals surface area (Å²) in [7, 11) is 0. The number of carbonyl (C=O) groups excluding carboxylic acids is 1. The highest BCUT2D eigenvalue weighted by Gasteiger charge is 2.11. The minimum Gasteiger partial charge on any atom is -0.366 e. The Morgan fingerprint density at radius 3 is 2.73 bits per heavy atom. The number of nitrogens with zero attached hydrogens (tertiary/aromatic N) is 2. The number of amides is 1. The van der Waals surface area contributed by atoms with Crippen LogP contribution in [-0.2, 0) is 6.54 Å². The molecule has 0 radical (unpaired) electrons. The number of aryl methyl sites for hydroxylation is 1. The van der Waals surface area contributed by atoms with Gasteiger partial charge in [-0.15, -0.1) is 0 Å². The molecule has 0 bridgehead atoms. The summed E-state index contributed by atoms with van der Waals surface area (Å²) in [5, 5.41) is 6.38. The van der Waals surface area contributed by atoms with Crippen molar-refractivity contribution in [3.63, 3.8) is 0 Å². The van der Waals surface area contributed by atoms with Crippen molar-refractivity contribution in [1.82, 2.24) is 9.97 Å². The number of anilines is 2. The van der Waals surface area contributed by atoms with Gasteiger partial charge in [0.05, 0.1) is 0 Å². The maximum absolute atomic E-state index is 13.7. The molecular weight excluding hydrogens is 355 g/mol. The van der Waals surface area contributed by atoms with E-state index >= 15 is 0 Å². The molecule has 0 spiro atoms. The van der Waals surface area contributed by atoms with Crippen molar-refractivity contribution in [1.29, 1.82) is 0 Å². The predicted molar refractivity (Wildman–Crippen MR) is 99.9 cm³/mol. The summed E-state index contributed by atoms with van der Waals surface area (Å²) in [6.45, 7) is 2.10. The Bertz CT molecular complexity index is 948. The van der Waals surface area contributed by atoms with E-state index in [1.807, 2.05) is 6.92 Å². The molecule has 0 unspecified atom stereocenters. The smallest absolute Gasteiger partial charge is 0.274 e. The van der Waals surface area contributed by atoms with Crippen LogP contribution >= 0.6 is 11.6 Å². The quantitative estimate of drug-likeness (QED) is 0.696. The minimum atomic E-state index is -0.369. The molecular formula is C19H16ClFN4O. The Kier molecular flexibility index (Phi) is 5.43. The van der Waals surface area contributed by atoms with Crippen molar-refractivity contribution in [2.24, 2.45) is 0 Å². The predicted octanol–water partition coefficient (Wildman–Crippen LogP) is 4.44. The molecule has 2 aromatic carbocycles. The molecule has 2 N–H and O–H groups in total. The fourth-order valence-electron chi connectivity index (χ4n) is 2.36. The summed E-state index contributed by atoms with van der Waals surface area (Å²) in [6.07, 6.45) is 1.29. The zero-order valence-electron chi connectivity index (χ0n) is 14.0. The van der Waals surface area contributed by atoms with Gasteiger partial charge in [0.1, 0.15) is 23.7 Å². The van der Waals surface area contributed by atoms with Crippen LogP contribution < -0.4 is 10.6 Å². The third kappa shape index (κ3) is 4.34. The normalized spacial score (nSPS) is 10.4. The van der Waals surface area contributed by atoms with Crippen molar-refractivity contribution in [3.8, 4) is 0 Å². The lowest BCUT2D eigenvalue weighted by Gasteiger charge is -2.10. The number of rotatable bonds is 5. The van der Waals surface area contributed by atoms with E-state index < -0.39 is 0 Å². The first-order valence-electron chi connectivity index (χ1n) is 7.90. The molecule has 0 atom stereocenters. The second kappa shape index (κ2) is 7.93. The van der Waals surface area contributed by atoms with Gasteiger partial charge in [0.25, 0.3) is 5.91 Å². The van der Waals surface area contributed by atoms with Gasteiger partial charge in [-0.05, 0) is 36.8 Å². The first-order valence-corrected chi connectivity index (χ1v) is 8.27. The maximum atomic E-state index is 13.7. The van der Waals surface area contributed by atoms with Crippen molar-refractivity contribution in [3.05, 3.63) is 82.5 Å². The molecule has 0 fully saturated rings. The summed E-state index contributed by atoms with van der Waals surface area (Å²) < 4.78 is 13.7. The number of halogens is 2. The fraction of sp³-hybridized carbons (Fsp3) is 0.105. The monoisotopic (exact) mass is 370 g/mol. The molecule has 0 aliphatic carbocycles. The third-order valence-electron chi connectivity index (χ3n) is 3.75. The number of benzene rings is 2. The van der Waals surface area contributed by atoms with Crippen LogP contribution in [0.1, 0.15) is 21.6 Å². The van der Waals surface area contributed by atoms with Gasteiger partial charge in [-0.25, -0.2) is 14.4 Å². The highest BCUT2D eigenvalue weighted by atomic mass is 35.5. The van der Waals surface area contributed by atoms with Crippen LogP contribution in [0.25, 0.3) is 0 Å². The molecule has 132 valence electrons.